The Balaban J connectivity index is 1.30. The van der Waals surface area contributed by atoms with E-state index in [0.29, 0.717) is 62.1 Å². The second-order valence-corrected chi connectivity index (χ2v) is 11.9. The van der Waals surface area contributed by atoms with Gasteiger partial charge in [-0.25, -0.2) is 14.4 Å². The molecule has 262 valence electrons. The van der Waals surface area contributed by atoms with Crippen LogP contribution in [0.1, 0.15) is 54.3 Å². The van der Waals surface area contributed by atoms with Crippen molar-refractivity contribution in [3.63, 3.8) is 0 Å². The van der Waals surface area contributed by atoms with E-state index in [9.17, 15) is 19.2 Å². The molecular weight excluding hydrogens is 632 g/mol. The summed E-state index contributed by atoms with van der Waals surface area (Å²) in [5.74, 6) is -0.872. The van der Waals surface area contributed by atoms with Crippen LogP contribution in [0.25, 0.3) is 11.1 Å². The summed E-state index contributed by atoms with van der Waals surface area (Å²) in [6, 6.07) is 20.4. The lowest BCUT2D eigenvalue weighted by Gasteiger charge is -2.16. The Hall–Kier alpha value is -5.00. The van der Waals surface area contributed by atoms with E-state index in [-0.39, 0.29) is 31.2 Å². The number of carbonyl (C=O) groups excluding carboxylic acids is 4. The van der Waals surface area contributed by atoms with Gasteiger partial charge < -0.3 is 33.2 Å². The predicted molar refractivity (Wildman–Crippen MR) is 181 cm³/mol. The van der Waals surface area contributed by atoms with E-state index in [0.717, 1.165) is 23.6 Å². The van der Waals surface area contributed by atoms with Gasteiger partial charge in [-0.3, -0.25) is 4.79 Å². The van der Waals surface area contributed by atoms with Gasteiger partial charge in [0, 0.05) is 12.5 Å². The summed E-state index contributed by atoms with van der Waals surface area (Å²) >= 11 is 0. The van der Waals surface area contributed by atoms with Crippen molar-refractivity contribution in [2.45, 2.75) is 33.6 Å². The van der Waals surface area contributed by atoms with Crippen LogP contribution in [0.4, 0.5) is 0 Å². The fourth-order valence-corrected chi connectivity index (χ4v) is 4.09. The van der Waals surface area contributed by atoms with Crippen LogP contribution in [0.2, 0.25) is 0 Å². The third-order valence-corrected chi connectivity index (χ3v) is 6.77. The summed E-state index contributed by atoms with van der Waals surface area (Å²) in [5.41, 5.74) is 2.53. The largest absolute Gasteiger partial charge is 0.491 e. The van der Waals surface area contributed by atoms with E-state index in [1.807, 2.05) is 12.1 Å². The molecule has 49 heavy (non-hydrogen) atoms. The molecule has 0 amide bonds. The van der Waals surface area contributed by atoms with E-state index in [1.54, 1.807) is 60.7 Å². The minimum atomic E-state index is -0.583. The number of rotatable bonds is 20. The molecule has 0 bridgehead atoms. The molecule has 11 nitrogen and oxygen atoms in total. The van der Waals surface area contributed by atoms with Gasteiger partial charge in [0.15, 0.2) is 0 Å². The lowest BCUT2D eigenvalue weighted by molar-refractivity contribution is -0.146. The van der Waals surface area contributed by atoms with E-state index < -0.39 is 17.9 Å². The van der Waals surface area contributed by atoms with Gasteiger partial charge in [0.05, 0.1) is 37.6 Å². The molecule has 0 radical (unpaired) electrons. The zero-order valence-electron chi connectivity index (χ0n) is 28.3. The summed E-state index contributed by atoms with van der Waals surface area (Å²) in [6.45, 7) is 11.4. The summed E-state index contributed by atoms with van der Waals surface area (Å²) in [7, 11) is 0. The highest BCUT2D eigenvalue weighted by Gasteiger charge is 2.14. The normalized spacial score (nSPS) is 10.9. The minimum absolute atomic E-state index is 0.0537. The number of ether oxygens (including phenoxy) is 7. The maximum Gasteiger partial charge on any atom is 0.343 e. The highest BCUT2D eigenvalue weighted by atomic mass is 16.6. The fourth-order valence-electron chi connectivity index (χ4n) is 4.09. The standard InChI is InChI=1S/C38H44O11/c1-5-34(39)46-26-27-48-36(41)30-8-6-28(7-9-30)29-10-16-33(17-11-29)49-37(42)31-12-14-32(15-13-31)45-24-22-43-20-21-44-23-25-47-35(40)18-19-38(2,3)4/h5-17H,1,18-27H2,2-4H3. The van der Waals surface area contributed by atoms with E-state index in [1.165, 1.54) is 0 Å². The first-order valence-corrected chi connectivity index (χ1v) is 16.0. The number of benzene rings is 3. The summed E-state index contributed by atoms with van der Waals surface area (Å²) in [6.07, 6.45) is 2.22. The second-order valence-electron chi connectivity index (χ2n) is 11.9. The van der Waals surface area contributed by atoms with E-state index >= 15 is 0 Å². The van der Waals surface area contributed by atoms with Crippen LogP contribution in [0.15, 0.2) is 85.5 Å². The molecule has 0 fully saturated rings. The van der Waals surface area contributed by atoms with Crippen molar-refractivity contribution in [1.82, 2.24) is 0 Å². The van der Waals surface area contributed by atoms with Crippen LogP contribution < -0.4 is 9.47 Å². The van der Waals surface area contributed by atoms with Crippen molar-refractivity contribution in [3.05, 3.63) is 96.6 Å². The molecule has 0 aromatic heterocycles. The van der Waals surface area contributed by atoms with Gasteiger partial charge in [0.1, 0.15) is 37.9 Å². The van der Waals surface area contributed by atoms with Crippen molar-refractivity contribution in [1.29, 1.82) is 0 Å². The average molecular weight is 677 g/mol. The quantitative estimate of drug-likeness (QED) is 0.0443. The van der Waals surface area contributed by atoms with Gasteiger partial charge in [-0.15, -0.1) is 0 Å². The molecule has 0 aliphatic carbocycles. The first-order chi connectivity index (χ1) is 23.5. The first-order valence-electron chi connectivity index (χ1n) is 16.0. The van der Waals surface area contributed by atoms with Crippen molar-refractivity contribution < 1.29 is 52.3 Å². The molecule has 0 heterocycles. The Morgan fingerprint density at radius 3 is 1.69 bits per heavy atom. The highest BCUT2D eigenvalue weighted by molar-refractivity contribution is 5.91. The van der Waals surface area contributed by atoms with Gasteiger partial charge in [0.25, 0.3) is 0 Å². The Morgan fingerprint density at radius 2 is 1.08 bits per heavy atom. The molecule has 3 rings (SSSR count). The fraction of sp³-hybridized carbons (Fsp3) is 0.368. The molecule has 0 saturated heterocycles. The summed E-state index contributed by atoms with van der Waals surface area (Å²) in [5, 5.41) is 0. The molecule has 0 aliphatic heterocycles. The number of hydrogen-bond donors (Lipinski definition) is 0. The Labute approximate surface area is 287 Å². The van der Waals surface area contributed by atoms with Gasteiger partial charge in [-0.05, 0) is 71.5 Å². The number of esters is 4. The Morgan fingerprint density at radius 1 is 0.592 bits per heavy atom. The van der Waals surface area contributed by atoms with Crippen molar-refractivity contribution in [2.24, 2.45) is 5.41 Å². The van der Waals surface area contributed by atoms with Crippen LogP contribution in [-0.4, -0.2) is 76.7 Å². The van der Waals surface area contributed by atoms with Crippen LogP contribution in [0, 0.1) is 5.41 Å². The first kappa shape index (κ1) is 38.4. The van der Waals surface area contributed by atoms with Gasteiger partial charge in [-0.1, -0.05) is 51.6 Å². The van der Waals surface area contributed by atoms with E-state index in [2.05, 4.69) is 27.4 Å². The van der Waals surface area contributed by atoms with Gasteiger partial charge in [-0.2, -0.15) is 0 Å². The minimum Gasteiger partial charge on any atom is -0.491 e. The van der Waals surface area contributed by atoms with Crippen molar-refractivity contribution in [3.8, 4) is 22.6 Å². The molecule has 3 aromatic carbocycles. The van der Waals surface area contributed by atoms with Crippen LogP contribution >= 0.6 is 0 Å². The van der Waals surface area contributed by atoms with Crippen LogP contribution in [0.3, 0.4) is 0 Å². The molecular formula is C38H44O11. The molecule has 0 atom stereocenters. The molecule has 0 spiro atoms. The zero-order valence-corrected chi connectivity index (χ0v) is 28.3. The topological polar surface area (TPSA) is 133 Å². The predicted octanol–water partition coefficient (Wildman–Crippen LogP) is 6.24. The SMILES string of the molecule is C=CC(=O)OCCOC(=O)c1ccc(-c2ccc(OC(=O)c3ccc(OCCOCCOCCOC(=O)CCC(C)(C)C)cc3)cc2)cc1. The average Bonchev–Trinajstić information content (AvgIpc) is 3.10. The lowest BCUT2D eigenvalue weighted by atomic mass is 9.91. The molecule has 3 aromatic rings. The zero-order chi connectivity index (χ0) is 35.5. The molecule has 0 aliphatic rings. The maximum absolute atomic E-state index is 12.7. The molecule has 11 heteroatoms. The smallest absolute Gasteiger partial charge is 0.343 e. The highest BCUT2D eigenvalue weighted by Crippen LogP contribution is 2.24. The van der Waals surface area contributed by atoms with Crippen LogP contribution in [-0.2, 0) is 33.3 Å². The van der Waals surface area contributed by atoms with Crippen molar-refractivity contribution in [2.75, 3.05) is 52.9 Å². The molecule has 0 saturated carbocycles. The Kier molecular flexibility index (Phi) is 16.0. The van der Waals surface area contributed by atoms with Crippen molar-refractivity contribution >= 4 is 23.9 Å². The number of carbonyl (C=O) groups is 4. The Bertz CT molecular complexity index is 1490. The summed E-state index contributed by atoms with van der Waals surface area (Å²) in [4.78, 5) is 47.6. The third kappa shape index (κ3) is 15.2. The third-order valence-electron chi connectivity index (χ3n) is 6.77. The second kappa shape index (κ2) is 20.4. The monoisotopic (exact) mass is 676 g/mol. The molecule has 0 N–H and O–H groups in total. The summed E-state index contributed by atoms with van der Waals surface area (Å²) < 4.78 is 37.1. The lowest BCUT2D eigenvalue weighted by Crippen LogP contribution is -2.15. The van der Waals surface area contributed by atoms with Gasteiger partial charge >= 0.3 is 23.9 Å². The van der Waals surface area contributed by atoms with Crippen LogP contribution in [0.5, 0.6) is 11.5 Å². The van der Waals surface area contributed by atoms with E-state index in [4.69, 9.17) is 33.2 Å². The maximum atomic E-state index is 12.7. The number of hydrogen-bond acceptors (Lipinski definition) is 11. The molecule has 0 unspecified atom stereocenters. The van der Waals surface area contributed by atoms with Gasteiger partial charge in [0.2, 0.25) is 0 Å².